The van der Waals surface area contributed by atoms with E-state index in [2.05, 4.69) is 29.1 Å². The lowest BCUT2D eigenvalue weighted by Gasteiger charge is -2.33. The van der Waals surface area contributed by atoms with Crippen molar-refractivity contribution in [3.63, 3.8) is 0 Å². The van der Waals surface area contributed by atoms with Crippen LogP contribution in [-0.4, -0.2) is 23.1 Å². The second-order valence-corrected chi connectivity index (χ2v) is 5.30. The van der Waals surface area contributed by atoms with Crippen LogP contribution in [0.15, 0.2) is 6.07 Å². The number of nitrogens with one attached hydrogen (secondary N) is 1. The molecular weight excluding hydrogens is 228 g/mol. The molecule has 1 aliphatic carbocycles. The number of nitrogens with zero attached hydrogens (tertiary/aromatic N) is 2. The Labute approximate surface area is 108 Å². The van der Waals surface area contributed by atoms with Crippen LogP contribution in [0.3, 0.4) is 0 Å². The van der Waals surface area contributed by atoms with E-state index in [0.29, 0.717) is 17.8 Å². The van der Waals surface area contributed by atoms with Crippen molar-refractivity contribution in [1.82, 2.24) is 9.97 Å². The van der Waals surface area contributed by atoms with Gasteiger partial charge in [-0.05, 0) is 31.1 Å². The zero-order valence-electron chi connectivity index (χ0n) is 11.3. The second kappa shape index (κ2) is 5.42. The molecule has 100 valence electrons. The molecule has 1 fully saturated rings. The number of hydrogen-bond donors (Lipinski definition) is 2. The molecule has 0 spiro atoms. The molecule has 1 aliphatic rings. The third-order valence-corrected chi connectivity index (χ3v) is 3.69. The van der Waals surface area contributed by atoms with E-state index in [1.807, 2.05) is 0 Å². The molecule has 0 aromatic carbocycles. The van der Waals surface area contributed by atoms with Gasteiger partial charge in [0.05, 0.1) is 7.11 Å². The summed E-state index contributed by atoms with van der Waals surface area (Å²) < 4.78 is 5.10. The fourth-order valence-electron chi connectivity index (χ4n) is 2.69. The predicted molar refractivity (Wildman–Crippen MR) is 72.6 cm³/mol. The van der Waals surface area contributed by atoms with Crippen molar-refractivity contribution < 1.29 is 4.74 Å². The van der Waals surface area contributed by atoms with Crippen molar-refractivity contribution >= 4 is 11.8 Å². The van der Waals surface area contributed by atoms with Gasteiger partial charge in [-0.25, -0.2) is 0 Å². The molecule has 3 N–H and O–H groups in total. The molecule has 0 saturated heterocycles. The van der Waals surface area contributed by atoms with Crippen molar-refractivity contribution in [2.75, 3.05) is 18.2 Å². The van der Waals surface area contributed by atoms with Crippen LogP contribution >= 0.6 is 0 Å². The fraction of sp³-hybridized carbons (Fsp3) is 0.692. The monoisotopic (exact) mass is 250 g/mol. The van der Waals surface area contributed by atoms with E-state index in [9.17, 15) is 0 Å². The summed E-state index contributed by atoms with van der Waals surface area (Å²) in [6.07, 6.45) is 3.70. The summed E-state index contributed by atoms with van der Waals surface area (Å²) in [5, 5.41) is 3.46. The van der Waals surface area contributed by atoms with Crippen LogP contribution in [0.5, 0.6) is 5.88 Å². The topological polar surface area (TPSA) is 73.1 Å². The van der Waals surface area contributed by atoms with Gasteiger partial charge in [0.25, 0.3) is 0 Å². The second-order valence-electron chi connectivity index (χ2n) is 5.30. The summed E-state index contributed by atoms with van der Waals surface area (Å²) >= 11 is 0. The maximum Gasteiger partial charge on any atom is 0.225 e. The molecule has 2 rings (SSSR count). The summed E-state index contributed by atoms with van der Waals surface area (Å²) in [6.45, 7) is 4.60. The maximum absolute atomic E-state index is 5.65. The lowest BCUT2D eigenvalue weighted by Crippen LogP contribution is -2.33. The number of nitrogen functional groups attached to an aromatic ring is 1. The Kier molecular flexibility index (Phi) is 3.89. The number of anilines is 2. The molecule has 0 aliphatic heterocycles. The largest absolute Gasteiger partial charge is 0.481 e. The number of methoxy groups -OCH3 is 1. The van der Waals surface area contributed by atoms with Crippen LogP contribution in [0.1, 0.15) is 33.1 Å². The smallest absolute Gasteiger partial charge is 0.225 e. The number of rotatable bonds is 3. The van der Waals surface area contributed by atoms with Crippen LogP contribution < -0.4 is 15.8 Å². The van der Waals surface area contributed by atoms with Gasteiger partial charge in [0.2, 0.25) is 11.8 Å². The van der Waals surface area contributed by atoms with Crippen molar-refractivity contribution in [3.8, 4) is 5.88 Å². The Morgan fingerprint density at radius 3 is 2.78 bits per heavy atom. The van der Waals surface area contributed by atoms with Crippen LogP contribution in [0.2, 0.25) is 0 Å². The number of aromatic nitrogens is 2. The fourth-order valence-corrected chi connectivity index (χ4v) is 2.69. The SMILES string of the molecule is COc1cc(NC2CCC(C)CC2C)nc(N)n1. The lowest BCUT2D eigenvalue weighted by atomic mass is 9.80. The molecule has 5 nitrogen and oxygen atoms in total. The van der Waals surface area contributed by atoms with Crippen molar-refractivity contribution in [2.24, 2.45) is 11.8 Å². The highest BCUT2D eigenvalue weighted by atomic mass is 16.5. The van der Waals surface area contributed by atoms with Gasteiger partial charge in [0.1, 0.15) is 5.82 Å². The van der Waals surface area contributed by atoms with Crippen molar-refractivity contribution in [3.05, 3.63) is 6.07 Å². The third kappa shape index (κ3) is 3.03. The van der Waals surface area contributed by atoms with Gasteiger partial charge in [-0.15, -0.1) is 0 Å². The summed E-state index contributed by atoms with van der Waals surface area (Å²) in [4.78, 5) is 8.19. The third-order valence-electron chi connectivity index (χ3n) is 3.69. The highest BCUT2D eigenvalue weighted by Gasteiger charge is 2.25. The van der Waals surface area contributed by atoms with Gasteiger partial charge in [0.15, 0.2) is 0 Å². The average Bonchev–Trinajstić information content (AvgIpc) is 2.32. The van der Waals surface area contributed by atoms with E-state index in [1.165, 1.54) is 19.3 Å². The minimum atomic E-state index is 0.244. The van der Waals surface area contributed by atoms with Gasteiger partial charge in [-0.2, -0.15) is 9.97 Å². The first-order valence-corrected chi connectivity index (χ1v) is 6.53. The van der Waals surface area contributed by atoms with Crippen LogP contribution in [0.25, 0.3) is 0 Å². The van der Waals surface area contributed by atoms with Gasteiger partial charge < -0.3 is 15.8 Å². The zero-order chi connectivity index (χ0) is 13.1. The van der Waals surface area contributed by atoms with Crippen molar-refractivity contribution in [2.45, 2.75) is 39.2 Å². The normalized spacial score (nSPS) is 27.8. The van der Waals surface area contributed by atoms with E-state index in [1.54, 1.807) is 13.2 Å². The number of hydrogen-bond acceptors (Lipinski definition) is 5. The minimum Gasteiger partial charge on any atom is -0.481 e. The van der Waals surface area contributed by atoms with E-state index in [-0.39, 0.29) is 5.95 Å². The van der Waals surface area contributed by atoms with Gasteiger partial charge in [-0.1, -0.05) is 13.8 Å². The molecule has 1 aromatic heterocycles. The molecule has 0 amide bonds. The van der Waals surface area contributed by atoms with E-state index in [0.717, 1.165) is 11.7 Å². The molecule has 1 heterocycles. The first-order chi connectivity index (χ1) is 8.58. The summed E-state index contributed by atoms with van der Waals surface area (Å²) in [6, 6.07) is 2.25. The number of nitrogens with two attached hydrogens (primary N) is 1. The molecular formula is C13H22N4O. The van der Waals surface area contributed by atoms with Gasteiger partial charge in [0, 0.05) is 12.1 Å². The Hall–Kier alpha value is -1.52. The van der Waals surface area contributed by atoms with E-state index >= 15 is 0 Å². The molecule has 1 saturated carbocycles. The van der Waals surface area contributed by atoms with Crippen LogP contribution in [-0.2, 0) is 0 Å². The van der Waals surface area contributed by atoms with Gasteiger partial charge in [-0.3, -0.25) is 0 Å². The molecule has 0 radical (unpaired) electrons. The maximum atomic E-state index is 5.65. The molecule has 0 bridgehead atoms. The molecule has 3 unspecified atom stereocenters. The highest BCUT2D eigenvalue weighted by Crippen LogP contribution is 2.30. The summed E-state index contributed by atoms with van der Waals surface area (Å²) in [5.74, 6) is 2.97. The average molecular weight is 250 g/mol. The van der Waals surface area contributed by atoms with Crippen LogP contribution in [0, 0.1) is 11.8 Å². The number of ether oxygens (including phenoxy) is 1. The lowest BCUT2D eigenvalue weighted by molar-refractivity contribution is 0.276. The predicted octanol–water partition coefficient (Wildman–Crippen LogP) is 2.30. The standard InChI is InChI=1S/C13H22N4O/c1-8-4-5-10(9(2)6-8)15-11-7-12(18-3)17-13(14)16-11/h7-10H,4-6H2,1-3H3,(H3,14,15,16,17). The zero-order valence-corrected chi connectivity index (χ0v) is 11.3. The summed E-state index contributed by atoms with van der Waals surface area (Å²) in [7, 11) is 1.58. The summed E-state index contributed by atoms with van der Waals surface area (Å²) in [5.41, 5.74) is 5.65. The van der Waals surface area contributed by atoms with Crippen LogP contribution in [0.4, 0.5) is 11.8 Å². The first kappa shape index (κ1) is 12.9. The first-order valence-electron chi connectivity index (χ1n) is 6.53. The van der Waals surface area contributed by atoms with E-state index in [4.69, 9.17) is 10.5 Å². The Morgan fingerprint density at radius 1 is 1.33 bits per heavy atom. The molecule has 3 atom stereocenters. The van der Waals surface area contributed by atoms with E-state index < -0.39 is 0 Å². The van der Waals surface area contributed by atoms with Gasteiger partial charge >= 0.3 is 0 Å². The highest BCUT2D eigenvalue weighted by molar-refractivity contribution is 5.43. The quantitative estimate of drug-likeness (QED) is 0.861. The molecule has 5 heteroatoms. The molecule has 18 heavy (non-hydrogen) atoms. The minimum absolute atomic E-state index is 0.244. The van der Waals surface area contributed by atoms with Crippen molar-refractivity contribution in [1.29, 1.82) is 0 Å². The Balaban J connectivity index is 2.06. The Morgan fingerprint density at radius 2 is 2.11 bits per heavy atom. The Bertz CT molecular complexity index is 410. The molecule has 1 aromatic rings.